The van der Waals surface area contributed by atoms with E-state index < -0.39 is 0 Å². The Kier molecular flexibility index (Phi) is 2.87. The molecule has 0 aromatic heterocycles. The summed E-state index contributed by atoms with van der Waals surface area (Å²) in [6, 6.07) is 10.9. The molecular formula is C13H16N2S. The van der Waals surface area contributed by atoms with Crippen molar-refractivity contribution in [2.24, 2.45) is 10.9 Å². The van der Waals surface area contributed by atoms with Gasteiger partial charge in [-0.25, -0.2) is 0 Å². The van der Waals surface area contributed by atoms with Gasteiger partial charge >= 0.3 is 0 Å². The third-order valence-electron chi connectivity index (χ3n) is 3.36. The molecule has 16 heavy (non-hydrogen) atoms. The van der Waals surface area contributed by atoms with Crippen LogP contribution in [0.1, 0.15) is 19.3 Å². The Bertz CT molecular complexity index is 388. The summed E-state index contributed by atoms with van der Waals surface area (Å²) in [5.41, 5.74) is 1.14. The third-order valence-corrected chi connectivity index (χ3v) is 4.44. The molecule has 2 atom stereocenters. The molecule has 2 nitrogen and oxygen atoms in total. The first-order valence-electron chi connectivity index (χ1n) is 5.94. The minimum absolute atomic E-state index is 0.590. The Morgan fingerprint density at radius 3 is 2.94 bits per heavy atom. The quantitative estimate of drug-likeness (QED) is 0.803. The third kappa shape index (κ3) is 2.09. The summed E-state index contributed by atoms with van der Waals surface area (Å²) in [5, 5.41) is 4.51. The number of hydrogen-bond donors (Lipinski definition) is 1. The normalized spacial score (nSPS) is 28.4. The largest absolute Gasteiger partial charge is 0.335 e. The number of benzene rings is 1. The van der Waals surface area contributed by atoms with Gasteiger partial charge in [-0.15, -0.1) is 0 Å². The van der Waals surface area contributed by atoms with E-state index in [0.717, 1.165) is 16.8 Å². The van der Waals surface area contributed by atoms with Crippen LogP contribution in [0.25, 0.3) is 0 Å². The lowest BCUT2D eigenvalue weighted by molar-refractivity contribution is 0.535. The van der Waals surface area contributed by atoms with Crippen LogP contribution in [0.3, 0.4) is 0 Å². The maximum Gasteiger partial charge on any atom is 0.161 e. The lowest BCUT2D eigenvalue weighted by Gasteiger charge is -2.23. The van der Waals surface area contributed by atoms with Crippen molar-refractivity contribution in [3.63, 3.8) is 0 Å². The van der Waals surface area contributed by atoms with Crippen molar-refractivity contribution in [2.45, 2.75) is 25.3 Å². The van der Waals surface area contributed by atoms with Crippen molar-refractivity contribution in [2.75, 3.05) is 11.1 Å². The van der Waals surface area contributed by atoms with Gasteiger partial charge in [0.05, 0.1) is 6.04 Å². The van der Waals surface area contributed by atoms with Crippen molar-refractivity contribution in [3.05, 3.63) is 30.3 Å². The Morgan fingerprint density at radius 2 is 2.06 bits per heavy atom. The van der Waals surface area contributed by atoms with Crippen LogP contribution in [-0.2, 0) is 0 Å². The van der Waals surface area contributed by atoms with E-state index in [-0.39, 0.29) is 0 Å². The van der Waals surface area contributed by atoms with Crippen molar-refractivity contribution in [3.8, 4) is 0 Å². The summed E-state index contributed by atoms with van der Waals surface area (Å²) in [6.07, 6.45) is 4.02. The highest BCUT2D eigenvalue weighted by molar-refractivity contribution is 8.14. The zero-order valence-corrected chi connectivity index (χ0v) is 10.0. The molecule has 2 aliphatic rings. The van der Waals surface area contributed by atoms with Crippen LogP contribution in [0.4, 0.5) is 5.69 Å². The summed E-state index contributed by atoms with van der Waals surface area (Å²) in [6.45, 7) is 0. The second kappa shape index (κ2) is 4.50. The molecule has 1 aromatic rings. The number of thioether (sulfide) groups is 1. The fourth-order valence-corrected chi connectivity index (χ4v) is 3.63. The fraction of sp³-hybridized carbons (Fsp3) is 0.462. The smallest absolute Gasteiger partial charge is 0.161 e. The van der Waals surface area contributed by atoms with Gasteiger partial charge in [0.15, 0.2) is 5.17 Å². The summed E-state index contributed by atoms with van der Waals surface area (Å²) in [7, 11) is 0. The Hall–Kier alpha value is -0.960. The van der Waals surface area contributed by atoms with E-state index in [9.17, 15) is 0 Å². The van der Waals surface area contributed by atoms with Gasteiger partial charge in [0.2, 0.25) is 0 Å². The highest BCUT2D eigenvalue weighted by atomic mass is 32.2. The minimum Gasteiger partial charge on any atom is -0.335 e. The van der Waals surface area contributed by atoms with Crippen LogP contribution in [0, 0.1) is 5.92 Å². The lowest BCUT2D eigenvalue weighted by Crippen LogP contribution is -2.25. The van der Waals surface area contributed by atoms with Crippen molar-refractivity contribution in [1.29, 1.82) is 0 Å². The molecule has 0 radical (unpaired) electrons. The zero-order chi connectivity index (χ0) is 10.8. The number of fused-ring (bicyclic) bond motifs is 1. The fourth-order valence-electron chi connectivity index (χ4n) is 2.47. The monoisotopic (exact) mass is 232 g/mol. The van der Waals surface area contributed by atoms with E-state index in [1.807, 2.05) is 17.8 Å². The topological polar surface area (TPSA) is 24.4 Å². The number of nitrogens with zero attached hydrogens (tertiary/aromatic N) is 1. The van der Waals surface area contributed by atoms with E-state index in [2.05, 4.69) is 29.6 Å². The zero-order valence-electron chi connectivity index (χ0n) is 9.23. The number of rotatable bonds is 1. The molecule has 1 fully saturated rings. The molecule has 84 valence electrons. The van der Waals surface area contributed by atoms with Gasteiger partial charge in [-0.1, -0.05) is 36.4 Å². The van der Waals surface area contributed by atoms with Crippen LogP contribution in [0.5, 0.6) is 0 Å². The van der Waals surface area contributed by atoms with Gasteiger partial charge in [-0.2, -0.15) is 0 Å². The van der Waals surface area contributed by atoms with Crippen LogP contribution in [-0.4, -0.2) is 17.0 Å². The molecule has 3 rings (SSSR count). The molecular weight excluding hydrogens is 216 g/mol. The molecule has 1 aromatic carbocycles. The molecule has 1 saturated carbocycles. The second-order valence-corrected chi connectivity index (χ2v) is 5.50. The number of amidine groups is 1. The van der Waals surface area contributed by atoms with Gasteiger partial charge in [0.25, 0.3) is 0 Å². The SMILES string of the molecule is c1ccc(NC2=N[C@H]3CCC[C@@H]3CS2)cc1. The van der Waals surface area contributed by atoms with Crippen molar-refractivity contribution >= 4 is 22.6 Å². The van der Waals surface area contributed by atoms with E-state index in [1.165, 1.54) is 25.0 Å². The summed E-state index contributed by atoms with van der Waals surface area (Å²) in [4.78, 5) is 4.81. The van der Waals surface area contributed by atoms with Crippen molar-refractivity contribution in [1.82, 2.24) is 0 Å². The number of hydrogen-bond acceptors (Lipinski definition) is 3. The van der Waals surface area contributed by atoms with E-state index in [4.69, 9.17) is 4.99 Å². The first-order chi connectivity index (χ1) is 7.92. The number of anilines is 1. The first-order valence-corrected chi connectivity index (χ1v) is 6.93. The molecule has 0 saturated heterocycles. The molecule has 3 heteroatoms. The van der Waals surface area contributed by atoms with Crippen molar-refractivity contribution < 1.29 is 0 Å². The maximum absolute atomic E-state index is 4.81. The molecule has 0 unspecified atom stereocenters. The Balaban J connectivity index is 1.72. The number of para-hydroxylation sites is 1. The Morgan fingerprint density at radius 1 is 1.19 bits per heavy atom. The predicted molar refractivity (Wildman–Crippen MR) is 71.1 cm³/mol. The van der Waals surface area contributed by atoms with E-state index in [0.29, 0.717) is 6.04 Å². The molecule has 0 spiro atoms. The standard InChI is InChI=1S/C13H16N2S/c1-2-6-11(7-3-1)14-13-15-12-8-4-5-10(12)9-16-13/h1-3,6-7,10,12H,4-5,8-9H2,(H,14,15)/t10-,12+/m1/s1. The maximum atomic E-state index is 4.81. The average Bonchev–Trinajstić information content (AvgIpc) is 2.77. The number of aliphatic imine (C=N–C) groups is 1. The van der Waals surface area contributed by atoms with Gasteiger partial charge in [-0.3, -0.25) is 4.99 Å². The van der Waals surface area contributed by atoms with E-state index in [1.54, 1.807) is 0 Å². The molecule has 1 aliphatic carbocycles. The predicted octanol–water partition coefficient (Wildman–Crippen LogP) is 3.37. The number of nitrogens with one attached hydrogen (secondary N) is 1. The molecule has 1 aliphatic heterocycles. The van der Waals surface area contributed by atoms with Crippen LogP contribution < -0.4 is 5.32 Å². The highest BCUT2D eigenvalue weighted by Gasteiger charge is 2.30. The lowest BCUT2D eigenvalue weighted by atomic mass is 10.1. The minimum atomic E-state index is 0.590. The van der Waals surface area contributed by atoms with Gasteiger partial charge in [-0.05, 0) is 30.9 Å². The molecule has 0 bridgehead atoms. The second-order valence-electron chi connectivity index (χ2n) is 4.49. The summed E-state index contributed by atoms with van der Waals surface area (Å²) >= 11 is 1.87. The highest BCUT2D eigenvalue weighted by Crippen LogP contribution is 2.35. The molecule has 0 amide bonds. The van der Waals surface area contributed by atoms with Gasteiger partial charge in [0.1, 0.15) is 0 Å². The Labute approximate surface area is 101 Å². The molecule has 1 N–H and O–H groups in total. The van der Waals surface area contributed by atoms with Crippen LogP contribution >= 0.6 is 11.8 Å². The van der Waals surface area contributed by atoms with Gasteiger partial charge < -0.3 is 5.32 Å². The van der Waals surface area contributed by atoms with Crippen LogP contribution in [0.2, 0.25) is 0 Å². The average molecular weight is 232 g/mol. The van der Waals surface area contributed by atoms with Crippen LogP contribution in [0.15, 0.2) is 35.3 Å². The summed E-state index contributed by atoms with van der Waals surface area (Å²) < 4.78 is 0. The van der Waals surface area contributed by atoms with Gasteiger partial charge in [0, 0.05) is 11.4 Å². The van der Waals surface area contributed by atoms with E-state index >= 15 is 0 Å². The summed E-state index contributed by atoms with van der Waals surface area (Å²) in [5.74, 6) is 2.08. The molecule has 1 heterocycles. The first kappa shape index (κ1) is 10.2.